The molecule has 16 heavy (non-hydrogen) atoms. The van der Waals surface area contributed by atoms with Crippen LogP contribution in [0.25, 0.3) is 0 Å². The van der Waals surface area contributed by atoms with Gasteiger partial charge in [-0.05, 0) is 37.0 Å². The van der Waals surface area contributed by atoms with Crippen molar-refractivity contribution in [2.24, 2.45) is 17.8 Å². The van der Waals surface area contributed by atoms with E-state index < -0.39 is 0 Å². The molecule has 1 aliphatic rings. The van der Waals surface area contributed by atoms with E-state index in [0.29, 0.717) is 17.8 Å². The van der Waals surface area contributed by atoms with Crippen molar-refractivity contribution >= 4 is 0 Å². The van der Waals surface area contributed by atoms with Gasteiger partial charge in [-0.3, -0.25) is 0 Å². The first-order chi connectivity index (χ1) is 7.53. The van der Waals surface area contributed by atoms with Crippen molar-refractivity contribution in [2.75, 3.05) is 0 Å². The predicted molar refractivity (Wildman–Crippen MR) is 70.4 cm³/mol. The highest BCUT2D eigenvalue weighted by Gasteiger charge is 2.41. The van der Waals surface area contributed by atoms with Crippen LogP contribution in [0.1, 0.15) is 72.6 Å². The molecule has 1 fully saturated rings. The molecule has 1 heteroatoms. The summed E-state index contributed by atoms with van der Waals surface area (Å²) in [5.41, 5.74) is -0.358. The maximum atomic E-state index is 10.9. The molecular formula is C15H30O. The maximum absolute atomic E-state index is 10.9. The summed E-state index contributed by atoms with van der Waals surface area (Å²) in [6, 6.07) is 0. The molecule has 0 aromatic heterocycles. The minimum Gasteiger partial charge on any atom is -0.390 e. The molecule has 0 radical (unpaired) electrons. The van der Waals surface area contributed by atoms with Crippen molar-refractivity contribution in [2.45, 2.75) is 78.2 Å². The molecule has 0 heterocycles. The molecule has 0 aromatic carbocycles. The number of aliphatic hydroxyl groups is 1. The zero-order chi connectivity index (χ0) is 12.2. The Balaban J connectivity index is 2.69. The maximum Gasteiger partial charge on any atom is 0.0680 e. The van der Waals surface area contributed by atoms with E-state index in [1.165, 1.54) is 32.1 Å². The fraction of sp³-hybridized carbons (Fsp3) is 1.00. The van der Waals surface area contributed by atoms with Crippen molar-refractivity contribution < 1.29 is 5.11 Å². The van der Waals surface area contributed by atoms with Crippen molar-refractivity contribution in [1.29, 1.82) is 0 Å². The average molecular weight is 226 g/mol. The van der Waals surface area contributed by atoms with Crippen molar-refractivity contribution in [3.05, 3.63) is 0 Å². The molecule has 0 spiro atoms. The second-order valence-corrected chi connectivity index (χ2v) is 6.09. The van der Waals surface area contributed by atoms with Crippen molar-refractivity contribution in [3.8, 4) is 0 Å². The second kappa shape index (κ2) is 6.05. The molecule has 1 saturated carbocycles. The summed E-state index contributed by atoms with van der Waals surface area (Å²) in [7, 11) is 0. The summed E-state index contributed by atoms with van der Waals surface area (Å²) >= 11 is 0. The Morgan fingerprint density at radius 1 is 1.19 bits per heavy atom. The summed E-state index contributed by atoms with van der Waals surface area (Å²) in [5, 5.41) is 10.9. The van der Waals surface area contributed by atoms with E-state index in [4.69, 9.17) is 0 Å². The van der Waals surface area contributed by atoms with Crippen LogP contribution in [-0.4, -0.2) is 10.7 Å². The molecule has 0 amide bonds. The molecule has 1 rings (SSSR count). The van der Waals surface area contributed by atoms with Gasteiger partial charge in [0, 0.05) is 0 Å². The Hall–Kier alpha value is -0.0400. The summed E-state index contributed by atoms with van der Waals surface area (Å²) in [6.07, 6.45) is 8.25. The highest BCUT2D eigenvalue weighted by Crippen LogP contribution is 2.42. The number of hydrogen-bond acceptors (Lipinski definition) is 1. The Morgan fingerprint density at radius 2 is 1.81 bits per heavy atom. The van der Waals surface area contributed by atoms with E-state index in [0.717, 1.165) is 12.8 Å². The molecule has 2 atom stereocenters. The Morgan fingerprint density at radius 3 is 2.31 bits per heavy atom. The van der Waals surface area contributed by atoms with E-state index >= 15 is 0 Å². The van der Waals surface area contributed by atoms with Crippen LogP contribution in [0.2, 0.25) is 0 Å². The van der Waals surface area contributed by atoms with E-state index in [2.05, 4.69) is 27.7 Å². The van der Waals surface area contributed by atoms with Gasteiger partial charge < -0.3 is 5.11 Å². The van der Waals surface area contributed by atoms with E-state index in [1.54, 1.807) is 0 Å². The largest absolute Gasteiger partial charge is 0.390 e. The van der Waals surface area contributed by atoms with Gasteiger partial charge in [-0.25, -0.2) is 0 Å². The quantitative estimate of drug-likeness (QED) is 0.737. The fourth-order valence-corrected chi connectivity index (χ4v) is 3.53. The van der Waals surface area contributed by atoms with Crippen LogP contribution < -0.4 is 0 Å². The Labute approximate surface area is 102 Å². The first-order valence-electron chi connectivity index (χ1n) is 7.25. The minimum atomic E-state index is -0.358. The number of hydrogen-bond donors (Lipinski definition) is 1. The third kappa shape index (κ3) is 3.23. The van der Waals surface area contributed by atoms with Gasteiger partial charge in [-0.15, -0.1) is 0 Å². The first-order valence-corrected chi connectivity index (χ1v) is 7.25. The number of rotatable bonds is 5. The lowest BCUT2D eigenvalue weighted by Crippen LogP contribution is -2.44. The molecule has 2 unspecified atom stereocenters. The van der Waals surface area contributed by atoms with Gasteiger partial charge in [-0.1, -0.05) is 53.4 Å². The lowest BCUT2D eigenvalue weighted by molar-refractivity contribution is -0.0828. The summed E-state index contributed by atoms with van der Waals surface area (Å²) < 4.78 is 0. The van der Waals surface area contributed by atoms with Gasteiger partial charge in [0.2, 0.25) is 0 Å². The van der Waals surface area contributed by atoms with Crippen LogP contribution in [0.3, 0.4) is 0 Å². The van der Waals surface area contributed by atoms with Crippen LogP contribution in [0.4, 0.5) is 0 Å². The highest BCUT2D eigenvalue weighted by atomic mass is 16.3. The van der Waals surface area contributed by atoms with Crippen LogP contribution in [0, 0.1) is 17.8 Å². The van der Waals surface area contributed by atoms with E-state index in [1.807, 2.05) is 0 Å². The Kier molecular flexibility index (Phi) is 5.30. The zero-order valence-electron chi connectivity index (χ0n) is 11.6. The third-order valence-electron chi connectivity index (χ3n) is 4.67. The zero-order valence-corrected chi connectivity index (χ0v) is 11.6. The van der Waals surface area contributed by atoms with Crippen molar-refractivity contribution in [1.82, 2.24) is 0 Å². The molecule has 1 aliphatic carbocycles. The third-order valence-corrected chi connectivity index (χ3v) is 4.67. The monoisotopic (exact) mass is 226 g/mol. The lowest BCUT2D eigenvalue weighted by Gasteiger charge is -2.44. The van der Waals surface area contributed by atoms with Crippen LogP contribution in [0.15, 0.2) is 0 Å². The molecule has 1 N–H and O–H groups in total. The van der Waals surface area contributed by atoms with E-state index in [-0.39, 0.29) is 5.60 Å². The standard InChI is InChI=1S/C15H30O/c1-5-13(6-2)11-15(16)10-8-7-9-14(15)12(3)4/h12-14,16H,5-11H2,1-4H3. The predicted octanol–water partition coefficient (Wildman–Crippen LogP) is 4.39. The minimum absolute atomic E-state index is 0.358. The second-order valence-electron chi connectivity index (χ2n) is 6.09. The normalized spacial score (nSPS) is 31.3. The Bertz CT molecular complexity index is 196. The molecule has 0 aliphatic heterocycles. The summed E-state index contributed by atoms with van der Waals surface area (Å²) in [5.74, 6) is 1.87. The van der Waals surface area contributed by atoms with Crippen LogP contribution >= 0.6 is 0 Å². The topological polar surface area (TPSA) is 20.2 Å². The fourth-order valence-electron chi connectivity index (χ4n) is 3.53. The molecule has 0 saturated heterocycles. The molecule has 96 valence electrons. The highest BCUT2D eigenvalue weighted by molar-refractivity contribution is 4.92. The summed E-state index contributed by atoms with van der Waals surface area (Å²) in [6.45, 7) is 9.05. The molecule has 0 bridgehead atoms. The lowest BCUT2D eigenvalue weighted by atomic mass is 9.66. The summed E-state index contributed by atoms with van der Waals surface area (Å²) in [4.78, 5) is 0. The van der Waals surface area contributed by atoms with Gasteiger partial charge in [-0.2, -0.15) is 0 Å². The molecular weight excluding hydrogens is 196 g/mol. The van der Waals surface area contributed by atoms with Crippen LogP contribution in [-0.2, 0) is 0 Å². The molecule has 1 nitrogen and oxygen atoms in total. The SMILES string of the molecule is CCC(CC)CC1(O)CCCCC1C(C)C. The average Bonchev–Trinajstić information content (AvgIpc) is 2.26. The smallest absolute Gasteiger partial charge is 0.0680 e. The first kappa shape index (κ1) is 14.0. The van der Waals surface area contributed by atoms with Crippen molar-refractivity contribution in [3.63, 3.8) is 0 Å². The van der Waals surface area contributed by atoms with Gasteiger partial charge in [0.05, 0.1) is 5.60 Å². The van der Waals surface area contributed by atoms with Gasteiger partial charge in [0.25, 0.3) is 0 Å². The molecule has 0 aromatic rings. The van der Waals surface area contributed by atoms with Gasteiger partial charge >= 0.3 is 0 Å². The van der Waals surface area contributed by atoms with Crippen LogP contribution in [0.5, 0.6) is 0 Å². The van der Waals surface area contributed by atoms with E-state index in [9.17, 15) is 5.11 Å². The van der Waals surface area contributed by atoms with Gasteiger partial charge in [0.1, 0.15) is 0 Å². The van der Waals surface area contributed by atoms with Gasteiger partial charge in [0.15, 0.2) is 0 Å².